The van der Waals surface area contributed by atoms with E-state index in [2.05, 4.69) is 15.1 Å². The molecule has 0 aliphatic carbocycles. The highest BCUT2D eigenvalue weighted by atomic mass is 32.2. The summed E-state index contributed by atoms with van der Waals surface area (Å²) < 4.78 is 28.4. The third kappa shape index (κ3) is 3.47. The molecule has 7 heteroatoms. The van der Waals surface area contributed by atoms with E-state index in [0.29, 0.717) is 11.9 Å². The number of aryl methyl sites for hydroxylation is 1. The van der Waals surface area contributed by atoms with Gasteiger partial charge in [-0.3, -0.25) is 9.97 Å². The van der Waals surface area contributed by atoms with Gasteiger partial charge in [-0.25, -0.2) is 0 Å². The van der Waals surface area contributed by atoms with E-state index in [1.165, 1.54) is 4.41 Å². The Morgan fingerprint density at radius 2 is 1.61 bits per heavy atom. The number of rotatable bonds is 4. The van der Waals surface area contributed by atoms with E-state index >= 15 is 0 Å². The van der Waals surface area contributed by atoms with Gasteiger partial charge >= 0.3 is 0 Å². The van der Waals surface area contributed by atoms with Gasteiger partial charge in [0, 0.05) is 24.4 Å². The number of benzene rings is 3. The lowest BCUT2D eigenvalue weighted by atomic mass is 9.97. The van der Waals surface area contributed by atoms with Crippen molar-refractivity contribution in [2.45, 2.75) is 24.3 Å². The summed E-state index contributed by atoms with van der Waals surface area (Å²) >= 11 is 0. The van der Waals surface area contributed by atoms with Crippen LogP contribution in [0.3, 0.4) is 0 Å². The molecule has 2 heterocycles. The molecule has 0 fully saturated rings. The van der Waals surface area contributed by atoms with Gasteiger partial charge in [-0.2, -0.15) is 17.9 Å². The predicted molar refractivity (Wildman–Crippen MR) is 120 cm³/mol. The van der Waals surface area contributed by atoms with Crippen LogP contribution in [0.4, 0.5) is 0 Å². The Bertz CT molecular complexity index is 1380. The molecular weight excluding hydrogens is 408 g/mol. The van der Waals surface area contributed by atoms with Gasteiger partial charge in [-0.1, -0.05) is 60.2 Å². The van der Waals surface area contributed by atoms with Crippen molar-refractivity contribution in [3.05, 3.63) is 102 Å². The molecule has 0 unspecified atom stereocenters. The van der Waals surface area contributed by atoms with Crippen LogP contribution in [-0.2, 0) is 10.0 Å². The monoisotopic (exact) mass is 428 g/mol. The molecule has 1 aliphatic rings. The Balaban J connectivity index is 1.67. The third-order valence-corrected chi connectivity index (χ3v) is 7.13. The van der Waals surface area contributed by atoms with Crippen LogP contribution >= 0.6 is 0 Å². The minimum atomic E-state index is -3.86. The van der Waals surface area contributed by atoms with Crippen molar-refractivity contribution < 1.29 is 8.42 Å². The average Bonchev–Trinajstić information content (AvgIpc) is 3.26. The second kappa shape index (κ2) is 7.59. The molecule has 0 N–H and O–H groups in total. The highest BCUT2D eigenvalue weighted by molar-refractivity contribution is 7.89. The van der Waals surface area contributed by atoms with E-state index in [1.807, 2.05) is 49.4 Å². The summed E-state index contributed by atoms with van der Waals surface area (Å²) in [5.41, 5.74) is 4.97. The van der Waals surface area contributed by atoms with E-state index in [4.69, 9.17) is 0 Å². The molecule has 0 saturated heterocycles. The number of sulfonamides is 1. The van der Waals surface area contributed by atoms with E-state index in [1.54, 1.807) is 42.7 Å². The van der Waals surface area contributed by atoms with Gasteiger partial charge in [0.15, 0.2) is 0 Å². The highest BCUT2D eigenvalue weighted by Crippen LogP contribution is 2.39. The zero-order chi connectivity index (χ0) is 21.4. The first-order chi connectivity index (χ1) is 15.0. The molecule has 0 saturated carbocycles. The molecule has 6 nitrogen and oxygen atoms in total. The number of hydrogen-bond donors (Lipinski definition) is 0. The van der Waals surface area contributed by atoms with Gasteiger partial charge in [0.05, 0.1) is 27.7 Å². The van der Waals surface area contributed by atoms with Crippen LogP contribution < -0.4 is 0 Å². The first kappa shape index (κ1) is 19.4. The van der Waals surface area contributed by atoms with Crippen LogP contribution in [0.2, 0.25) is 0 Å². The molecule has 1 atom stereocenters. The van der Waals surface area contributed by atoms with Gasteiger partial charge in [-0.05, 0) is 30.7 Å². The molecule has 1 aliphatic heterocycles. The van der Waals surface area contributed by atoms with Crippen molar-refractivity contribution in [2.75, 3.05) is 0 Å². The van der Waals surface area contributed by atoms with Gasteiger partial charge in [-0.15, -0.1) is 0 Å². The van der Waals surface area contributed by atoms with Crippen LogP contribution in [0.1, 0.15) is 29.2 Å². The summed E-state index contributed by atoms with van der Waals surface area (Å²) in [7, 11) is -3.86. The van der Waals surface area contributed by atoms with E-state index in [9.17, 15) is 8.42 Å². The second-order valence-corrected chi connectivity index (χ2v) is 9.29. The number of fused-ring (bicyclic) bond motifs is 1. The summed E-state index contributed by atoms with van der Waals surface area (Å²) in [5, 5.41) is 4.61. The lowest BCUT2D eigenvalue weighted by Gasteiger charge is -2.24. The standard InChI is InChI=1S/C24H20N4O2S/c1-17-10-12-18(13-11-17)22-16-23(20-8-5-9-21-24(20)26-15-14-25-21)28(27-22)31(29,30)19-6-3-2-4-7-19/h2-15,23H,16H2,1H3/t23-/m1/s1. The topological polar surface area (TPSA) is 75.5 Å². The molecule has 1 aromatic heterocycles. The number of hydrogen-bond acceptors (Lipinski definition) is 5. The van der Waals surface area contributed by atoms with Crippen LogP contribution in [0.5, 0.6) is 0 Å². The molecule has 0 spiro atoms. The Hall–Kier alpha value is -3.58. The molecule has 4 aromatic rings. The normalized spacial score (nSPS) is 16.5. The third-order valence-electron chi connectivity index (χ3n) is 5.43. The zero-order valence-corrected chi connectivity index (χ0v) is 17.7. The Labute approximate surface area is 181 Å². The number of nitrogens with zero attached hydrogens (tertiary/aromatic N) is 4. The van der Waals surface area contributed by atoms with Crippen molar-refractivity contribution in [2.24, 2.45) is 5.10 Å². The summed E-state index contributed by atoms with van der Waals surface area (Å²) in [5.74, 6) is 0. The van der Waals surface area contributed by atoms with Crippen molar-refractivity contribution >= 4 is 26.8 Å². The lowest BCUT2D eigenvalue weighted by molar-refractivity contribution is 0.373. The van der Waals surface area contributed by atoms with Gasteiger partial charge in [0.1, 0.15) is 0 Å². The fraction of sp³-hybridized carbons (Fsp3) is 0.125. The fourth-order valence-corrected chi connectivity index (χ4v) is 5.29. The molecule has 31 heavy (non-hydrogen) atoms. The summed E-state index contributed by atoms with van der Waals surface area (Å²) in [6.45, 7) is 2.02. The minimum absolute atomic E-state index is 0.209. The Kier molecular flexibility index (Phi) is 4.75. The van der Waals surface area contributed by atoms with Crippen LogP contribution in [-0.4, -0.2) is 28.5 Å². The zero-order valence-electron chi connectivity index (χ0n) is 16.9. The minimum Gasteiger partial charge on any atom is -0.253 e. The first-order valence-electron chi connectivity index (χ1n) is 9.98. The molecule has 5 rings (SSSR count). The second-order valence-electron chi connectivity index (χ2n) is 7.49. The largest absolute Gasteiger partial charge is 0.279 e. The SMILES string of the molecule is Cc1ccc(C2=NN(S(=O)(=O)c3ccccc3)[C@@H](c3cccc4nccnc34)C2)cc1. The lowest BCUT2D eigenvalue weighted by Crippen LogP contribution is -2.27. The maximum Gasteiger partial charge on any atom is 0.279 e. The number of para-hydroxylation sites is 1. The first-order valence-corrected chi connectivity index (χ1v) is 11.4. The van der Waals surface area contributed by atoms with Gasteiger partial charge in [0.2, 0.25) is 0 Å². The predicted octanol–water partition coefficient (Wildman–Crippen LogP) is 4.48. The highest BCUT2D eigenvalue weighted by Gasteiger charge is 2.38. The van der Waals surface area contributed by atoms with E-state index < -0.39 is 16.1 Å². The summed E-state index contributed by atoms with van der Waals surface area (Å²) in [6.07, 6.45) is 3.71. The van der Waals surface area contributed by atoms with Crippen molar-refractivity contribution in [1.82, 2.24) is 14.4 Å². The number of hydrazone groups is 1. The van der Waals surface area contributed by atoms with Gasteiger partial charge in [0.25, 0.3) is 10.0 Å². The van der Waals surface area contributed by atoms with Crippen molar-refractivity contribution in [1.29, 1.82) is 0 Å². The molecule has 0 amide bonds. The molecule has 154 valence electrons. The summed E-state index contributed by atoms with van der Waals surface area (Å²) in [4.78, 5) is 9.08. The van der Waals surface area contributed by atoms with Crippen molar-refractivity contribution in [3.8, 4) is 0 Å². The van der Waals surface area contributed by atoms with Crippen LogP contribution in [0.15, 0.2) is 95.2 Å². The number of aromatic nitrogens is 2. The molecule has 3 aromatic carbocycles. The van der Waals surface area contributed by atoms with E-state index in [0.717, 1.165) is 27.9 Å². The Morgan fingerprint density at radius 3 is 2.39 bits per heavy atom. The quantitative estimate of drug-likeness (QED) is 0.480. The smallest absolute Gasteiger partial charge is 0.253 e. The van der Waals surface area contributed by atoms with Crippen molar-refractivity contribution in [3.63, 3.8) is 0 Å². The van der Waals surface area contributed by atoms with E-state index in [-0.39, 0.29) is 4.90 Å². The summed E-state index contributed by atoms with van der Waals surface area (Å²) in [6, 6.07) is 21.5. The van der Waals surface area contributed by atoms with Gasteiger partial charge < -0.3 is 0 Å². The molecular formula is C24H20N4O2S. The maximum atomic E-state index is 13.6. The Morgan fingerprint density at radius 1 is 0.871 bits per heavy atom. The fourth-order valence-electron chi connectivity index (χ4n) is 3.85. The average molecular weight is 429 g/mol. The molecule has 0 bridgehead atoms. The van der Waals surface area contributed by atoms with Crippen LogP contribution in [0, 0.1) is 6.92 Å². The maximum absolute atomic E-state index is 13.6. The molecule has 0 radical (unpaired) electrons. The van der Waals surface area contributed by atoms with Crippen LogP contribution in [0.25, 0.3) is 11.0 Å².